The summed E-state index contributed by atoms with van der Waals surface area (Å²) in [4.78, 5) is 12.7. The number of hydrogen-bond acceptors (Lipinski definition) is 4. The first kappa shape index (κ1) is 18.2. The van der Waals surface area contributed by atoms with Crippen molar-refractivity contribution in [3.8, 4) is 5.69 Å². The lowest BCUT2D eigenvalue weighted by molar-refractivity contribution is 0.102. The van der Waals surface area contributed by atoms with Gasteiger partial charge in [0.2, 0.25) is 0 Å². The third-order valence-electron chi connectivity index (χ3n) is 3.83. The van der Waals surface area contributed by atoms with Crippen molar-refractivity contribution in [2.45, 2.75) is 11.8 Å². The summed E-state index contributed by atoms with van der Waals surface area (Å²) in [5.41, 5.74) is 2.17. The van der Waals surface area contributed by atoms with E-state index in [0.29, 0.717) is 22.0 Å². The number of rotatable bonds is 4. The fourth-order valence-electron chi connectivity index (χ4n) is 2.50. The largest absolute Gasteiger partial charge is 0.322 e. The Morgan fingerprint density at radius 3 is 2.58 bits per heavy atom. The summed E-state index contributed by atoms with van der Waals surface area (Å²) in [7, 11) is -3.35. The Labute approximate surface area is 156 Å². The number of nitrogens with zero attached hydrogens (tertiary/aromatic N) is 2. The molecule has 26 heavy (non-hydrogen) atoms. The van der Waals surface area contributed by atoms with Crippen molar-refractivity contribution in [3.63, 3.8) is 0 Å². The molecule has 1 amide bonds. The van der Waals surface area contributed by atoms with Crippen LogP contribution in [0.3, 0.4) is 0 Å². The van der Waals surface area contributed by atoms with Crippen LogP contribution in [-0.2, 0) is 9.84 Å². The van der Waals surface area contributed by atoms with Crippen LogP contribution < -0.4 is 5.32 Å². The first-order valence-corrected chi connectivity index (χ1v) is 9.95. The second kappa shape index (κ2) is 6.93. The van der Waals surface area contributed by atoms with Gasteiger partial charge in [-0.05, 0) is 43.3 Å². The van der Waals surface area contributed by atoms with Crippen molar-refractivity contribution in [2.75, 3.05) is 11.6 Å². The molecule has 0 unspecified atom stereocenters. The highest BCUT2D eigenvalue weighted by atomic mass is 35.5. The highest BCUT2D eigenvalue weighted by molar-refractivity contribution is 7.90. The number of amides is 1. The Morgan fingerprint density at radius 2 is 1.88 bits per heavy atom. The SMILES string of the molecule is Cc1c(C(=O)Nc2cccc(S(C)(=O)=O)c2)cnn1-c1cccc(Cl)c1. The molecule has 0 radical (unpaired) electrons. The molecule has 0 saturated carbocycles. The lowest BCUT2D eigenvalue weighted by atomic mass is 10.2. The summed E-state index contributed by atoms with van der Waals surface area (Å²) < 4.78 is 24.9. The number of carbonyl (C=O) groups is 1. The topological polar surface area (TPSA) is 81.1 Å². The predicted octanol–water partition coefficient (Wildman–Crippen LogP) is 3.49. The lowest BCUT2D eigenvalue weighted by Crippen LogP contribution is -2.13. The van der Waals surface area contributed by atoms with Crippen LogP contribution >= 0.6 is 11.6 Å². The summed E-state index contributed by atoms with van der Waals surface area (Å²) >= 11 is 6.01. The van der Waals surface area contributed by atoms with Gasteiger partial charge in [-0.25, -0.2) is 13.1 Å². The molecule has 0 fully saturated rings. The van der Waals surface area contributed by atoms with E-state index >= 15 is 0 Å². The van der Waals surface area contributed by atoms with Crippen molar-refractivity contribution < 1.29 is 13.2 Å². The molecule has 1 N–H and O–H groups in total. The summed E-state index contributed by atoms with van der Waals surface area (Å²) in [6.07, 6.45) is 2.58. The van der Waals surface area contributed by atoms with Crippen LogP contribution in [0.15, 0.2) is 59.6 Å². The molecule has 3 rings (SSSR count). The molecule has 0 atom stereocenters. The van der Waals surface area contributed by atoms with E-state index in [-0.39, 0.29) is 10.8 Å². The van der Waals surface area contributed by atoms with Crippen LogP contribution in [-0.4, -0.2) is 30.4 Å². The number of halogens is 1. The van der Waals surface area contributed by atoms with E-state index in [1.807, 2.05) is 6.07 Å². The Morgan fingerprint density at radius 1 is 1.15 bits per heavy atom. The fourth-order valence-corrected chi connectivity index (χ4v) is 3.35. The summed E-state index contributed by atoms with van der Waals surface area (Å²) in [6, 6.07) is 13.2. The van der Waals surface area contributed by atoms with Gasteiger partial charge in [-0.3, -0.25) is 4.79 Å². The molecule has 3 aromatic rings. The van der Waals surface area contributed by atoms with Gasteiger partial charge in [0, 0.05) is 17.0 Å². The Balaban J connectivity index is 1.88. The number of anilines is 1. The predicted molar refractivity (Wildman–Crippen MR) is 101 cm³/mol. The Bertz CT molecular complexity index is 1090. The van der Waals surface area contributed by atoms with E-state index < -0.39 is 9.84 Å². The maximum atomic E-state index is 12.6. The third kappa shape index (κ3) is 3.79. The molecule has 1 heterocycles. The van der Waals surface area contributed by atoms with Crippen LogP contribution in [0.4, 0.5) is 5.69 Å². The maximum absolute atomic E-state index is 12.6. The standard InChI is InChI=1S/C18H16ClN3O3S/c1-12-17(11-20-22(12)15-7-3-5-13(19)9-15)18(23)21-14-6-4-8-16(10-14)26(2,24)25/h3-11H,1-2H3,(H,21,23). The van der Waals surface area contributed by atoms with Crippen LogP contribution in [0.25, 0.3) is 5.69 Å². The Hall–Kier alpha value is -2.64. The summed E-state index contributed by atoms with van der Waals surface area (Å²) in [5.74, 6) is -0.374. The second-order valence-corrected chi connectivity index (χ2v) is 8.24. The molecule has 1 aromatic heterocycles. The highest BCUT2D eigenvalue weighted by Gasteiger charge is 2.16. The first-order valence-electron chi connectivity index (χ1n) is 7.68. The van der Waals surface area contributed by atoms with Crippen molar-refractivity contribution >= 4 is 33.0 Å². The van der Waals surface area contributed by atoms with Crippen molar-refractivity contribution in [1.82, 2.24) is 9.78 Å². The van der Waals surface area contributed by atoms with Gasteiger partial charge in [0.05, 0.1) is 28.0 Å². The molecule has 6 nitrogen and oxygen atoms in total. The zero-order chi connectivity index (χ0) is 18.9. The van der Waals surface area contributed by atoms with Gasteiger partial charge in [0.25, 0.3) is 5.91 Å². The van der Waals surface area contributed by atoms with Crippen molar-refractivity contribution in [3.05, 3.63) is 71.0 Å². The Kier molecular flexibility index (Phi) is 4.84. The molecule has 134 valence electrons. The molecule has 0 saturated heterocycles. The average Bonchev–Trinajstić information content (AvgIpc) is 2.96. The van der Waals surface area contributed by atoms with E-state index in [1.165, 1.54) is 18.3 Å². The van der Waals surface area contributed by atoms with Gasteiger partial charge in [-0.2, -0.15) is 5.10 Å². The molecule has 0 spiro atoms. The number of benzene rings is 2. The molecular weight excluding hydrogens is 374 g/mol. The van der Waals surface area contributed by atoms with E-state index in [2.05, 4.69) is 10.4 Å². The molecule has 0 aliphatic carbocycles. The number of aromatic nitrogens is 2. The first-order chi connectivity index (χ1) is 12.3. The zero-order valence-corrected chi connectivity index (χ0v) is 15.7. The fraction of sp³-hybridized carbons (Fsp3) is 0.111. The van der Waals surface area contributed by atoms with Crippen molar-refractivity contribution in [1.29, 1.82) is 0 Å². The molecule has 0 bridgehead atoms. The molecular formula is C18H16ClN3O3S. The van der Waals surface area contributed by atoms with Crippen LogP contribution in [0.2, 0.25) is 5.02 Å². The van der Waals surface area contributed by atoms with Crippen LogP contribution in [0.1, 0.15) is 16.1 Å². The summed E-state index contributed by atoms with van der Waals surface area (Å²) in [6.45, 7) is 1.77. The lowest BCUT2D eigenvalue weighted by Gasteiger charge is -2.08. The van der Waals surface area contributed by atoms with Gasteiger partial charge >= 0.3 is 0 Å². The minimum atomic E-state index is -3.35. The molecule has 2 aromatic carbocycles. The monoisotopic (exact) mass is 389 g/mol. The third-order valence-corrected chi connectivity index (χ3v) is 5.17. The number of sulfone groups is 1. The average molecular weight is 390 g/mol. The number of nitrogens with one attached hydrogen (secondary N) is 1. The van der Waals surface area contributed by atoms with E-state index in [9.17, 15) is 13.2 Å². The smallest absolute Gasteiger partial charge is 0.259 e. The highest BCUT2D eigenvalue weighted by Crippen LogP contribution is 2.20. The number of carbonyl (C=O) groups excluding carboxylic acids is 1. The van der Waals surface area contributed by atoms with Gasteiger partial charge in [-0.15, -0.1) is 0 Å². The normalized spacial score (nSPS) is 11.3. The minimum absolute atomic E-state index is 0.140. The molecule has 0 aliphatic rings. The quantitative estimate of drug-likeness (QED) is 0.740. The van der Waals surface area contributed by atoms with Crippen molar-refractivity contribution in [2.24, 2.45) is 0 Å². The van der Waals surface area contributed by atoms with Crippen LogP contribution in [0, 0.1) is 6.92 Å². The van der Waals surface area contributed by atoms with Crippen LogP contribution in [0.5, 0.6) is 0 Å². The van der Waals surface area contributed by atoms with Gasteiger partial charge in [0.1, 0.15) is 0 Å². The van der Waals surface area contributed by atoms with E-state index in [4.69, 9.17) is 11.6 Å². The van der Waals surface area contributed by atoms with Gasteiger partial charge in [0.15, 0.2) is 9.84 Å². The zero-order valence-electron chi connectivity index (χ0n) is 14.1. The van der Waals surface area contributed by atoms with Gasteiger partial charge < -0.3 is 5.32 Å². The second-order valence-electron chi connectivity index (χ2n) is 5.79. The van der Waals surface area contributed by atoms with E-state index in [0.717, 1.165) is 11.9 Å². The van der Waals surface area contributed by atoms with E-state index in [1.54, 1.807) is 41.9 Å². The maximum Gasteiger partial charge on any atom is 0.259 e. The minimum Gasteiger partial charge on any atom is -0.322 e. The molecule has 8 heteroatoms. The molecule has 0 aliphatic heterocycles. The summed E-state index contributed by atoms with van der Waals surface area (Å²) in [5, 5.41) is 7.52. The van der Waals surface area contributed by atoms with Gasteiger partial charge in [-0.1, -0.05) is 23.7 Å². The number of hydrogen-bond donors (Lipinski definition) is 1.